The summed E-state index contributed by atoms with van der Waals surface area (Å²) in [5.74, 6) is -2.03. The zero-order chi connectivity index (χ0) is 46.2. The zero-order valence-corrected chi connectivity index (χ0v) is 41.5. The van der Waals surface area contributed by atoms with Crippen molar-refractivity contribution in [2.45, 2.75) is 168 Å². The van der Waals surface area contributed by atoms with Crippen molar-refractivity contribution in [2.24, 2.45) is 0 Å². The van der Waals surface area contributed by atoms with E-state index in [0.29, 0.717) is 13.2 Å². The Bertz CT molecular complexity index is 2010. The predicted octanol–water partition coefficient (Wildman–Crippen LogP) is 17.3. The lowest BCUT2D eigenvalue weighted by molar-refractivity contribution is -0.152. The number of hydrogen-bond donors (Lipinski definition) is 0. The highest BCUT2D eigenvalue weighted by molar-refractivity contribution is 7.27. The molecular formula is C54H70F2O6S3. The molecule has 3 aromatic heterocycles. The van der Waals surface area contributed by atoms with Crippen molar-refractivity contribution >= 4 is 45.9 Å². The molecule has 65 heavy (non-hydrogen) atoms. The van der Waals surface area contributed by atoms with Gasteiger partial charge in [-0.2, -0.15) is 0 Å². The van der Waals surface area contributed by atoms with Gasteiger partial charge in [-0.1, -0.05) is 129 Å². The molecule has 0 amide bonds. The first-order chi connectivity index (χ1) is 31.7. The van der Waals surface area contributed by atoms with Crippen molar-refractivity contribution in [1.82, 2.24) is 0 Å². The van der Waals surface area contributed by atoms with Crippen LogP contribution in [-0.2, 0) is 19.1 Å². The molecule has 354 valence electrons. The van der Waals surface area contributed by atoms with Gasteiger partial charge in [-0.3, -0.25) is 0 Å². The summed E-state index contributed by atoms with van der Waals surface area (Å²) in [4.78, 5) is 31.2. The molecule has 5 rings (SSSR count). The first-order valence-corrected chi connectivity index (χ1v) is 26.7. The first-order valence-electron chi connectivity index (χ1n) is 24.2. The van der Waals surface area contributed by atoms with Crippen LogP contribution in [0.3, 0.4) is 0 Å². The van der Waals surface area contributed by atoms with Gasteiger partial charge in [0, 0.05) is 29.3 Å². The van der Waals surface area contributed by atoms with Crippen LogP contribution in [0.5, 0.6) is 11.5 Å². The lowest BCUT2D eigenvalue weighted by Gasteiger charge is -2.15. The Labute approximate surface area is 399 Å². The molecule has 2 aromatic carbocycles. The number of carbonyl (C=O) groups is 2. The maximum absolute atomic E-state index is 15.3. The number of benzene rings is 2. The highest BCUT2D eigenvalue weighted by atomic mass is 32.1. The number of carbonyl (C=O) groups excluding carboxylic acids is 2. The maximum Gasteiger partial charge on any atom is 0.347 e. The fraction of sp³-hybridized carbons (Fsp3) is 0.519. The molecular weight excluding hydrogens is 879 g/mol. The van der Waals surface area contributed by atoms with Crippen LogP contribution in [-0.4, -0.2) is 37.4 Å². The van der Waals surface area contributed by atoms with E-state index in [1.165, 1.54) is 102 Å². The van der Waals surface area contributed by atoms with Gasteiger partial charge in [-0.15, -0.1) is 34.0 Å². The van der Waals surface area contributed by atoms with Crippen LogP contribution in [0.15, 0.2) is 72.8 Å². The molecule has 3 heterocycles. The maximum atomic E-state index is 15.3. The van der Waals surface area contributed by atoms with Crippen LogP contribution in [0.4, 0.5) is 8.78 Å². The SMILES string of the molecule is CCCCCCCCCCCCOC(=O)[C@@H](C)Oc1ccc(-c2ccc(-c3ccc(-c4ccc(-c5ccc(O[C@H](C)C(=O)OCCCCCCCCCCCC)c(F)c5)s4)s3)s2)cc1F. The monoisotopic (exact) mass is 948 g/mol. The Morgan fingerprint density at radius 1 is 0.431 bits per heavy atom. The predicted molar refractivity (Wildman–Crippen MR) is 268 cm³/mol. The van der Waals surface area contributed by atoms with Crippen molar-refractivity contribution in [3.05, 3.63) is 84.4 Å². The van der Waals surface area contributed by atoms with Crippen LogP contribution in [0.2, 0.25) is 0 Å². The molecule has 11 heteroatoms. The molecule has 0 bridgehead atoms. The molecule has 0 spiro atoms. The van der Waals surface area contributed by atoms with Gasteiger partial charge in [-0.25, -0.2) is 18.4 Å². The number of unbranched alkanes of at least 4 members (excludes halogenated alkanes) is 18. The van der Waals surface area contributed by atoms with Gasteiger partial charge in [0.05, 0.1) is 13.2 Å². The third kappa shape index (κ3) is 17.6. The van der Waals surface area contributed by atoms with Crippen LogP contribution < -0.4 is 9.47 Å². The highest BCUT2D eigenvalue weighted by Crippen LogP contribution is 2.44. The van der Waals surface area contributed by atoms with E-state index in [2.05, 4.69) is 26.0 Å². The molecule has 0 fully saturated rings. The average Bonchev–Trinajstić information content (AvgIpc) is 4.11. The first kappa shape index (κ1) is 51.9. The molecule has 6 nitrogen and oxygen atoms in total. The third-order valence-corrected chi connectivity index (χ3v) is 15.2. The molecule has 0 aliphatic rings. The summed E-state index contributed by atoms with van der Waals surface area (Å²) in [6, 6.07) is 21.8. The minimum atomic E-state index is -0.919. The van der Waals surface area contributed by atoms with Gasteiger partial charge < -0.3 is 18.9 Å². The number of hydrogen-bond acceptors (Lipinski definition) is 9. The van der Waals surface area contributed by atoms with E-state index in [0.717, 1.165) is 78.9 Å². The molecule has 0 saturated carbocycles. The van der Waals surface area contributed by atoms with E-state index < -0.39 is 35.8 Å². The molecule has 5 aromatic rings. The highest BCUT2D eigenvalue weighted by Gasteiger charge is 2.21. The molecule has 2 atom stereocenters. The van der Waals surface area contributed by atoms with Crippen LogP contribution in [0.1, 0.15) is 156 Å². The minimum absolute atomic E-state index is 0.0144. The second kappa shape index (κ2) is 28.9. The van der Waals surface area contributed by atoms with E-state index in [1.807, 2.05) is 24.3 Å². The summed E-state index contributed by atoms with van der Waals surface area (Å²) in [5, 5.41) is 0. The van der Waals surface area contributed by atoms with Crippen molar-refractivity contribution in [3.63, 3.8) is 0 Å². The zero-order valence-electron chi connectivity index (χ0n) is 39.1. The van der Waals surface area contributed by atoms with E-state index in [1.54, 1.807) is 72.1 Å². The average molecular weight is 949 g/mol. The Kier molecular flexibility index (Phi) is 23.1. The van der Waals surface area contributed by atoms with E-state index in [-0.39, 0.29) is 11.5 Å². The molecule has 0 aliphatic carbocycles. The fourth-order valence-corrected chi connectivity index (χ4v) is 10.8. The van der Waals surface area contributed by atoms with Gasteiger partial charge in [0.1, 0.15) is 0 Å². The quantitative estimate of drug-likeness (QED) is 0.0316. The number of esters is 2. The number of ether oxygens (including phenoxy) is 4. The standard InChI is InChI=1S/C54H70F2O6S3/c1-5-7-9-11-13-15-17-19-21-23-35-59-53(57)39(3)61-45-27-25-41(37-43(45)55)47-29-31-49(63-47)51-33-34-52(65-51)50-32-30-48(64-50)42-26-28-46(44(56)38-42)62-40(4)54(58)60-36-24-22-20-18-16-14-12-10-8-6-2/h25-34,37-40H,5-24,35-36H2,1-4H3/t39-,40-/m1/s1. The van der Waals surface area contributed by atoms with Crippen molar-refractivity contribution in [3.8, 4) is 51.9 Å². The van der Waals surface area contributed by atoms with Crippen molar-refractivity contribution in [2.75, 3.05) is 13.2 Å². The molecule has 0 unspecified atom stereocenters. The summed E-state index contributed by atoms with van der Waals surface area (Å²) < 4.78 is 52.7. The molecule has 0 saturated heterocycles. The van der Waals surface area contributed by atoms with E-state index in [4.69, 9.17) is 18.9 Å². The topological polar surface area (TPSA) is 71.1 Å². The second-order valence-electron chi connectivity index (χ2n) is 17.0. The Morgan fingerprint density at radius 3 is 1.05 bits per heavy atom. The lowest BCUT2D eigenvalue weighted by atomic mass is 10.1. The Morgan fingerprint density at radius 2 is 0.723 bits per heavy atom. The molecule has 0 radical (unpaired) electrons. The summed E-state index contributed by atoms with van der Waals surface area (Å²) in [6.45, 7) is 8.33. The molecule has 0 N–H and O–H groups in total. The van der Waals surface area contributed by atoms with Gasteiger partial charge in [0.2, 0.25) is 0 Å². The number of halogens is 2. The van der Waals surface area contributed by atoms with Crippen molar-refractivity contribution < 1.29 is 37.3 Å². The van der Waals surface area contributed by atoms with Crippen LogP contribution in [0.25, 0.3) is 40.4 Å². The van der Waals surface area contributed by atoms with Gasteiger partial charge >= 0.3 is 11.9 Å². The van der Waals surface area contributed by atoms with Crippen molar-refractivity contribution in [1.29, 1.82) is 0 Å². The van der Waals surface area contributed by atoms with Crippen LogP contribution in [0, 0.1) is 11.6 Å². The third-order valence-electron chi connectivity index (χ3n) is 11.5. The largest absolute Gasteiger partial charge is 0.476 e. The van der Waals surface area contributed by atoms with Gasteiger partial charge in [0.25, 0.3) is 0 Å². The Balaban J connectivity index is 1.04. The minimum Gasteiger partial charge on any atom is -0.476 e. The summed E-state index contributed by atoms with van der Waals surface area (Å²) in [5.41, 5.74) is 1.44. The van der Waals surface area contributed by atoms with Gasteiger partial charge in [-0.05, 0) is 111 Å². The number of thiophene rings is 3. The summed E-state index contributed by atoms with van der Waals surface area (Å²) >= 11 is 4.80. The smallest absolute Gasteiger partial charge is 0.347 e. The molecule has 0 aliphatic heterocycles. The van der Waals surface area contributed by atoms with E-state index in [9.17, 15) is 9.59 Å². The second-order valence-corrected chi connectivity index (χ2v) is 20.3. The summed E-state index contributed by atoms with van der Waals surface area (Å²) in [7, 11) is 0. The fourth-order valence-electron chi connectivity index (χ4n) is 7.59. The van der Waals surface area contributed by atoms with E-state index >= 15 is 8.78 Å². The normalized spacial score (nSPS) is 12.3. The Hall–Kier alpha value is -4.06. The van der Waals surface area contributed by atoms with Crippen LogP contribution >= 0.6 is 34.0 Å². The lowest BCUT2D eigenvalue weighted by Crippen LogP contribution is -2.26. The number of rotatable bonds is 32. The van der Waals surface area contributed by atoms with Gasteiger partial charge in [0.15, 0.2) is 35.3 Å². The summed E-state index contributed by atoms with van der Waals surface area (Å²) in [6.07, 6.45) is 22.2.